The summed E-state index contributed by atoms with van der Waals surface area (Å²) in [6.45, 7) is 0.446. The number of para-hydroxylation sites is 1. The number of urea groups is 1. The van der Waals surface area contributed by atoms with Crippen LogP contribution in [0, 0.1) is 0 Å². The van der Waals surface area contributed by atoms with Gasteiger partial charge in [-0.05, 0) is 65.9 Å². The van der Waals surface area contributed by atoms with E-state index in [1.807, 2.05) is 23.1 Å². The molecule has 34 heavy (non-hydrogen) atoms. The topological polar surface area (TPSA) is 46.5 Å². The molecule has 0 saturated carbocycles. The van der Waals surface area contributed by atoms with Crippen molar-refractivity contribution in [2.24, 2.45) is 0 Å². The molecule has 1 atom stereocenters. The average Bonchev–Trinajstić information content (AvgIpc) is 3.28. The predicted molar refractivity (Wildman–Crippen MR) is 138 cm³/mol. The minimum absolute atomic E-state index is 0.232. The molecule has 2 amide bonds. The summed E-state index contributed by atoms with van der Waals surface area (Å²) in [6, 6.07) is 25.4. The van der Waals surface area contributed by atoms with Crippen molar-refractivity contribution in [3.8, 4) is 11.4 Å². The molecule has 0 spiro atoms. The van der Waals surface area contributed by atoms with Crippen LogP contribution in [0.5, 0.6) is 5.75 Å². The summed E-state index contributed by atoms with van der Waals surface area (Å²) in [5, 5.41) is 3.56. The zero-order valence-electron chi connectivity index (χ0n) is 18.9. The average molecular weight is 490 g/mol. The Balaban J connectivity index is 1.62. The normalized spacial score (nSPS) is 14.7. The standard InChI is InChI=1S/C27H24ClN3O2S/c1-33-25-14-11-20(28)16-22(25)29-27(32)31-17-19-6-3-4-7-23(19)30-15-5-8-24(30)26(31)18-9-12-21(34-2)13-10-18/h3-16,26H,17H2,1-2H3,(H,29,32)/t26-/m1/s1. The lowest BCUT2D eigenvalue weighted by atomic mass is 10.0. The van der Waals surface area contributed by atoms with E-state index >= 15 is 0 Å². The zero-order chi connectivity index (χ0) is 23.7. The second-order valence-electron chi connectivity index (χ2n) is 8.01. The van der Waals surface area contributed by atoms with E-state index in [-0.39, 0.29) is 12.1 Å². The number of methoxy groups -OCH3 is 1. The van der Waals surface area contributed by atoms with Crippen LogP contribution < -0.4 is 10.1 Å². The van der Waals surface area contributed by atoms with Crippen molar-refractivity contribution >= 4 is 35.1 Å². The molecule has 0 fully saturated rings. The van der Waals surface area contributed by atoms with Gasteiger partial charge < -0.3 is 19.5 Å². The van der Waals surface area contributed by atoms with Crippen molar-refractivity contribution in [2.75, 3.05) is 18.7 Å². The van der Waals surface area contributed by atoms with Gasteiger partial charge in [0.05, 0.1) is 31.1 Å². The SMILES string of the molecule is COc1ccc(Cl)cc1NC(=O)N1Cc2ccccc2-n2cccc2[C@H]1c1ccc(SC)cc1. The van der Waals surface area contributed by atoms with E-state index in [2.05, 4.69) is 64.8 Å². The number of amides is 2. The number of nitrogens with zero attached hydrogens (tertiary/aromatic N) is 2. The van der Waals surface area contributed by atoms with Crippen molar-refractivity contribution in [3.05, 3.63) is 107 Å². The van der Waals surface area contributed by atoms with Gasteiger partial charge in [-0.15, -0.1) is 11.8 Å². The lowest BCUT2D eigenvalue weighted by molar-refractivity contribution is 0.194. The largest absolute Gasteiger partial charge is 0.495 e. The van der Waals surface area contributed by atoms with Crippen molar-refractivity contribution in [3.63, 3.8) is 0 Å². The van der Waals surface area contributed by atoms with Crippen LogP contribution in [-0.4, -0.2) is 28.9 Å². The highest BCUT2D eigenvalue weighted by Gasteiger charge is 2.33. The Bertz CT molecular complexity index is 1340. The fraction of sp³-hybridized carbons (Fsp3) is 0.148. The van der Waals surface area contributed by atoms with Gasteiger partial charge in [-0.25, -0.2) is 4.79 Å². The fourth-order valence-electron chi connectivity index (χ4n) is 4.44. The van der Waals surface area contributed by atoms with Crippen LogP contribution in [0.4, 0.5) is 10.5 Å². The summed E-state index contributed by atoms with van der Waals surface area (Å²) in [6.07, 6.45) is 4.11. The molecular weight excluding hydrogens is 466 g/mol. The first kappa shape index (κ1) is 22.4. The number of ether oxygens (including phenoxy) is 1. The van der Waals surface area contributed by atoms with Crippen LogP contribution >= 0.6 is 23.4 Å². The maximum atomic E-state index is 13.9. The highest BCUT2D eigenvalue weighted by Crippen LogP contribution is 2.38. The van der Waals surface area contributed by atoms with Crippen molar-refractivity contribution < 1.29 is 9.53 Å². The number of carbonyl (C=O) groups is 1. The van der Waals surface area contributed by atoms with Crippen molar-refractivity contribution in [2.45, 2.75) is 17.5 Å². The monoisotopic (exact) mass is 489 g/mol. The van der Waals surface area contributed by atoms with Gasteiger partial charge in [-0.1, -0.05) is 41.9 Å². The summed E-state index contributed by atoms with van der Waals surface area (Å²) in [5.41, 5.74) is 4.73. The van der Waals surface area contributed by atoms with Crippen molar-refractivity contribution in [1.29, 1.82) is 0 Å². The number of aromatic nitrogens is 1. The Morgan fingerprint density at radius 1 is 1.06 bits per heavy atom. The Labute approximate surface area is 208 Å². The fourth-order valence-corrected chi connectivity index (χ4v) is 5.02. The van der Waals surface area contributed by atoms with E-state index in [4.69, 9.17) is 16.3 Å². The molecule has 0 saturated heterocycles. The Kier molecular flexibility index (Phi) is 6.26. The Hall–Kier alpha value is -3.35. The van der Waals surface area contributed by atoms with Gasteiger partial charge in [-0.2, -0.15) is 0 Å². The van der Waals surface area contributed by atoms with Gasteiger partial charge in [0.15, 0.2) is 0 Å². The summed E-state index contributed by atoms with van der Waals surface area (Å²) < 4.78 is 7.63. The molecule has 1 aromatic heterocycles. The molecule has 1 N–H and O–H groups in total. The zero-order valence-corrected chi connectivity index (χ0v) is 20.4. The third-order valence-electron chi connectivity index (χ3n) is 6.06. The van der Waals surface area contributed by atoms with E-state index in [1.165, 1.54) is 4.90 Å². The number of rotatable bonds is 4. The first-order valence-electron chi connectivity index (χ1n) is 10.9. The number of carbonyl (C=O) groups excluding carboxylic acids is 1. The van der Waals surface area contributed by atoms with Crippen LogP contribution in [0.3, 0.4) is 0 Å². The van der Waals surface area contributed by atoms with E-state index in [1.54, 1.807) is 37.1 Å². The smallest absolute Gasteiger partial charge is 0.323 e. The van der Waals surface area contributed by atoms with E-state index < -0.39 is 0 Å². The van der Waals surface area contributed by atoms with Crippen LogP contribution in [0.25, 0.3) is 5.69 Å². The first-order valence-corrected chi connectivity index (χ1v) is 12.5. The second-order valence-corrected chi connectivity index (χ2v) is 9.33. The van der Waals surface area contributed by atoms with Crippen LogP contribution in [-0.2, 0) is 6.54 Å². The molecule has 1 aliphatic rings. The number of nitrogens with one attached hydrogen (secondary N) is 1. The summed E-state index contributed by atoms with van der Waals surface area (Å²) in [5.74, 6) is 0.553. The van der Waals surface area contributed by atoms with Gasteiger partial charge in [0.25, 0.3) is 0 Å². The quantitative estimate of drug-likeness (QED) is 0.314. The predicted octanol–water partition coefficient (Wildman–Crippen LogP) is 7.00. The van der Waals surface area contributed by atoms with Gasteiger partial charge in [0, 0.05) is 21.8 Å². The van der Waals surface area contributed by atoms with Crippen LogP contribution in [0.1, 0.15) is 22.9 Å². The highest BCUT2D eigenvalue weighted by atomic mass is 35.5. The molecule has 5 rings (SSSR count). The van der Waals surface area contributed by atoms with Crippen LogP contribution in [0.15, 0.2) is 90.0 Å². The van der Waals surface area contributed by atoms with Gasteiger partial charge in [0.1, 0.15) is 5.75 Å². The lowest BCUT2D eigenvalue weighted by Gasteiger charge is -2.31. The first-order chi connectivity index (χ1) is 16.6. The summed E-state index contributed by atoms with van der Waals surface area (Å²) in [7, 11) is 1.57. The molecule has 0 unspecified atom stereocenters. The van der Waals surface area contributed by atoms with Crippen LogP contribution in [0.2, 0.25) is 5.02 Å². The third kappa shape index (κ3) is 4.15. The molecule has 1 aliphatic heterocycles. The lowest BCUT2D eigenvalue weighted by Crippen LogP contribution is -2.38. The molecule has 0 radical (unpaired) electrons. The van der Waals surface area contributed by atoms with E-state index in [9.17, 15) is 4.79 Å². The molecule has 3 aromatic carbocycles. The number of anilines is 1. The maximum Gasteiger partial charge on any atom is 0.323 e. The Morgan fingerprint density at radius 3 is 2.62 bits per heavy atom. The number of hydrogen-bond acceptors (Lipinski definition) is 3. The number of benzene rings is 3. The van der Waals surface area contributed by atoms with Gasteiger partial charge in [0.2, 0.25) is 0 Å². The number of halogens is 1. The van der Waals surface area contributed by atoms with Gasteiger partial charge >= 0.3 is 6.03 Å². The highest BCUT2D eigenvalue weighted by molar-refractivity contribution is 7.98. The molecule has 172 valence electrons. The minimum atomic E-state index is -0.288. The minimum Gasteiger partial charge on any atom is -0.495 e. The Morgan fingerprint density at radius 2 is 1.85 bits per heavy atom. The maximum absolute atomic E-state index is 13.9. The third-order valence-corrected chi connectivity index (χ3v) is 7.04. The molecule has 0 bridgehead atoms. The molecule has 0 aliphatic carbocycles. The second kappa shape index (κ2) is 9.49. The van der Waals surface area contributed by atoms with E-state index in [0.717, 1.165) is 22.5 Å². The molecule has 7 heteroatoms. The number of thioether (sulfide) groups is 1. The molecule has 2 heterocycles. The van der Waals surface area contributed by atoms with Gasteiger partial charge in [-0.3, -0.25) is 0 Å². The van der Waals surface area contributed by atoms with Crippen molar-refractivity contribution in [1.82, 2.24) is 9.47 Å². The summed E-state index contributed by atoms with van der Waals surface area (Å²) >= 11 is 7.91. The number of hydrogen-bond donors (Lipinski definition) is 1. The molecule has 5 nitrogen and oxygen atoms in total. The molecular formula is C27H24ClN3O2S. The summed E-state index contributed by atoms with van der Waals surface area (Å²) in [4.78, 5) is 16.9. The molecule has 4 aromatic rings. The van der Waals surface area contributed by atoms with E-state index in [0.29, 0.717) is 23.0 Å². The number of fused-ring (bicyclic) bond motifs is 3.